The van der Waals surface area contributed by atoms with E-state index in [4.69, 9.17) is 0 Å². The molecule has 0 aromatic carbocycles. The highest BCUT2D eigenvalue weighted by atomic mass is 19.4. The van der Waals surface area contributed by atoms with Crippen LogP contribution in [0.25, 0.3) is 0 Å². The van der Waals surface area contributed by atoms with E-state index in [1.165, 1.54) is 6.92 Å². The topological polar surface area (TPSA) is 46.8 Å². The fourth-order valence-electron chi connectivity index (χ4n) is 2.36. The summed E-state index contributed by atoms with van der Waals surface area (Å²) in [6.45, 7) is 2.21. The largest absolute Gasteiger partial charge is 0.420 e. The smallest absolute Gasteiger partial charge is 0.344 e. The van der Waals surface area contributed by atoms with E-state index in [1.54, 1.807) is 22.8 Å². The van der Waals surface area contributed by atoms with Crippen LogP contribution in [0.15, 0.2) is 12.3 Å². The van der Waals surface area contributed by atoms with E-state index in [0.29, 0.717) is 13.1 Å². The van der Waals surface area contributed by atoms with Crippen LogP contribution in [0.5, 0.6) is 0 Å². The van der Waals surface area contributed by atoms with Gasteiger partial charge in [0.05, 0.1) is 24.1 Å². The summed E-state index contributed by atoms with van der Waals surface area (Å²) in [4.78, 5) is 1.57. The van der Waals surface area contributed by atoms with Gasteiger partial charge in [-0.05, 0) is 13.0 Å². The average Bonchev–Trinajstić information content (AvgIpc) is 2.91. The second kappa shape index (κ2) is 4.19. The molecule has 3 heterocycles. The summed E-state index contributed by atoms with van der Waals surface area (Å²) in [5.41, 5.74) is 1.33. The number of anilines is 1. The molecule has 0 aliphatic carbocycles. The lowest BCUT2D eigenvalue weighted by Gasteiger charge is -2.21. The van der Waals surface area contributed by atoms with Crippen molar-refractivity contribution in [1.29, 1.82) is 0 Å². The first-order valence-electron chi connectivity index (χ1n) is 6.02. The number of alkyl halides is 3. The highest BCUT2D eigenvalue weighted by molar-refractivity contribution is 5.51. The molecule has 0 amide bonds. The summed E-state index contributed by atoms with van der Waals surface area (Å²) in [7, 11) is 1.77. The van der Waals surface area contributed by atoms with Crippen LogP contribution in [0, 0.1) is 6.92 Å². The summed E-state index contributed by atoms with van der Waals surface area (Å²) < 4.78 is 41.0. The van der Waals surface area contributed by atoms with Crippen LogP contribution in [0.3, 0.4) is 0 Å². The number of hydrogen-bond acceptors (Lipinski definition) is 4. The Morgan fingerprint density at radius 1 is 1.20 bits per heavy atom. The van der Waals surface area contributed by atoms with Gasteiger partial charge >= 0.3 is 6.18 Å². The highest BCUT2D eigenvalue weighted by Gasteiger charge is 2.38. The van der Waals surface area contributed by atoms with Gasteiger partial charge < -0.3 is 4.90 Å². The minimum Gasteiger partial charge on any atom is -0.344 e. The molecule has 0 spiro atoms. The van der Waals surface area contributed by atoms with Gasteiger partial charge in [0.15, 0.2) is 5.82 Å². The Kier molecular flexibility index (Phi) is 2.70. The van der Waals surface area contributed by atoms with Crippen molar-refractivity contribution < 1.29 is 13.2 Å². The Morgan fingerprint density at radius 2 is 1.95 bits per heavy atom. The maximum absolute atomic E-state index is 13.1. The minimum absolute atomic E-state index is 0.126. The Balaban J connectivity index is 2.00. The van der Waals surface area contributed by atoms with Gasteiger partial charge in [0.1, 0.15) is 5.56 Å². The molecule has 0 unspecified atom stereocenters. The summed E-state index contributed by atoms with van der Waals surface area (Å²) in [6, 6.07) is 1.03. The van der Waals surface area contributed by atoms with E-state index in [2.05, 4.69) is 15.3 Å². The fraction of sp³-hybridized carbons (Fsp3) is 0.417. The number of nitrogens with zero attached hydrogens (tertiary/aromatic N) is 5. The molecule has 106 valence electrons. The summed E-state index contributed by atoms with van der Waals surface area (Å²) in [5, 5.41) is 11.6. The lowest BCUT2D eigenvalue weighted by Crippen LogP contribution is -2.23. The van der Waals surface area contributed by atoms with Gasteiger partial charge in [-0.2, -0.15) is 23.4 Å². The Bertz CT molecular complexity index is 662. The molecular formula is C12H12F3N5. The third kappa shape index (κ3) is 2.00. The van der Waals surface area contributed by atoms with Crippen molar-refractivity contribution in [3.05, 3.63) is 34.8 Å². The summed E-state index contributed by atoms with van der Waals surface area (Å²) in [5.74, 6) is -0.126. The third-order valence-corrected chi connectivity index (χ3v) is 3.35. The Morgan fingerprint density at radius 3 is 2.60 bits per heavy atom. The molecule has 1 aliphatic heterocycles. The summed E-state index contributed by atoms with van der Waals surface area (Å²) >= 11 is 0. The normalized spacial score (nSPS) is 14.8. The fourth-order valence-corrected chi connectivity index (χ4v) is 2.36. The number of rotatable bonds is 1. The molecule has 5 nitrogen and oxygen atoms in total. The zero-order valence-electron chi connectivity index (χ0n) is 10.9. The molecule has 0 bridgehead atoms. The minimum atomic E-state index is -4.44. The van der Waals surface area contributed by atoms with E-state index in [1.807, 2.05) is 0 Å². The number of fused-ring (bicyclic) bond motifs is 1. The van der Waals surface area contributed by atoms with Gasteiger partial charge in [-0.1, -0.05) is 0 Å². The molecule has 2 aromatic heterocycles. The number of hydrogen-bond donors (Lipinski definition) is 0. The van der Waals surface area contributed by atoms with Gasteiger partial charge in [0, 0.05) is 19.2 Å². The molecule has 2 aromatic rings. The predicted octanol–water partition coefficient (Wildman–Crippen LogP) is 2.06. The molecule has 0 saturated heterocycles. The van der Waals surface area contributed by atoms with Gasteiger partial charge in [0.2, 0.25) is 0 Å². The van der Waals surface area contributed by atoms with Crippen LogP contribution in [-0.4, -0.2) is 20.0 Å². The van der Waals surface area contributed by atoms with Gasteiger partial charge in [0.25, 0.3) is 0 Å². The van der Waals surface area contributed by atoms with Gasteiger partial charge in [-0.15, -0.1) is 5.10 Å². The number of halogens is 3. The first-order chi connectivity index (χ1) is 9.36. The van der Waals surface area contributed by atoms with E-state index < -0.39 is 11.7 Å². The van der Waals surface area contributed by atoms with Crippen molar-refractivity contribution in [2.45, 2.75) is 26.2 Å². The first kappa shape index (κ1) is 12.9. The molecule has 20 heavy (non-hydrogen) atoms. The molecule has 0 radical (unpaired) electrons. The zero-order chi connectivity index (χ0) is 14.5. The SMILES string of the molecule is Cc1cc(C(F)(F)F)c(N2Cc3cnn(C)c3C2)nn1. The van der Waals surface area contributed by atoms with E-state index in [0.717, 1.165) is 17.3 Å². The van der Waals surface area contributed by atoms with E-state index in [9.17, 15) is 13.2 Å². The van der Waals surface area contributed by atoms with Crippen molar-refractivity contribution in [2.24, 2.45) is 7.05 Å². The molecule has 0 saturated carbocycles. The first-order valence-corrected chi connectivity index (χ1v) is 6.02. The second-order valence-corrected chi connectivity index (χ2v) is 4.82. The number of aromatic nitrogens is 4. The number of aryl methyl sites for hydroxylation is 2. The quantitative estimate of drug-likeness (QED) is 0.803. The lowest BCUT2D eigenvalue weighted by molar-refractivity contribution is -0.137. The molecule has 8 heteroatoms. The molecule has 0 atom stereocenters. The average molecular weight is 283 g/mol. The van der Waals surface area contributed by atoms with Crippen LogP contribution in [-0.2, 0) is 26.3 Å². The van der Waals surface area contributed by atoms with Gasteiger partial charge in [-0.25, -0.2) is 0 Å². The molecule has 0 N–H and O–H groups in total. The van der Waals surface area contributed by atoms with E-state index >= 15 is 0 Å². The second-order valence-electron chi connectivity index (χ2n) is 4.82. The molecular weight excluding hydrogens is 271 g/mol. The zero-order valence-corrected chi connectivity index (χ0v) is 10.9. The van der Waals surface area contributed by atoms with Crippen molar-refractivity contribution in [3.63, 3.8) is 0 Å². The van der Waals surface area contributed by atoms with E-state index in [-0.39, 0.29) is 11.5 Å². The predicted molar refractivity (Wildman–Crippen MR) is 64.9 cm³/mol. The van der Waals surface area contributed by atoms with Crippen molar-refractivity contribution in [1.82, 2.24) is 20.0 Å². The molecule has 0 fully saturated rings. The monoisotopic (exact) mass is 283 g/mol. The van der Waals surface area contributed by atoms with Crippen LogP contribution < -0.4 is 4.90 Å². The van der Waals surface area contributed by atoms with Crippen LogP contribution in [0.4, 0.5) is 19.0 Å². The van der Waals surface area contributed by atoms with Crippen molar-refractivity contribution in [2.75, 3.05) is 4.90 Å². The summed E-state index contributed by atoms with van der Waals surface area (Å²) in [6.07, 6.45) is -2.77. The van der Waals surface area contributed by atoms with Crippen molar-refractivity contribution >= 4 is 5.82 Å². The molecule has 3 rings (SSSR count). The third-order valence-electron chi connectivity index (χ3n) is 3.35. The highest BCUT2D eigenvalue weighted by Crippen LogP contribution is 2.38. The maximum Gasteiger partial charge on any atom is 0.420 e. The van der Waals surface area contributed by atoms with Crippen LogP contribution in [0.2, 0.25) is 0 Å². The lowest BCUT2D eigenvalue weighted by atomic mass is 10.2. The molecule has 1 aliphatic rings. The van der Waals surface area contributed by atoms with Crippen LogP contribution >= 0.6 is 0 Å². The standard InChI is InChI=1S/C12H12F3N5/c1-7-3-9(12(13,14)15)11(18-17-7)20-5-8-4-16-19(2)10(8)6-20/h3-4H,5-6H2,1-2H3. The van der Waals surface area contributed by atoms with Crippen molar-refractivity contribution in [3.8, 4) is 0 Å². The van der Waals surface area contributed by atoms with Crippen LogP contribution in [0.1, 0.15) is 22.5 Å². The Hall–Kier alpha value is -2.12. The maximum atomic E-state index is 13.1. The Labute approximate surface area is 113 Å². The van der Waals surface area contributed by atoms with Gasteiger partial charge in [-0.3, -0.25) is 4.68 Å².